The first-order chi connectivity index (χ1) is 19.3. The normalized spacial score (nSPS) is 23.8. The van der Waals surface area contributed by atoms with E-state index in [9.17, 15) is 14.9 Å². The van der Waals surface area contributed by atoms with Gasteiger partial charge in [0, 0.05) is 43.0 Å². The number of nitrogens with zero attached hydrogens (tertiary/aromatic N) is 5. The molecule has 1 saturated heterocycles. The number of pyridine rings is 1. The number of rotatable bonds is 8. The van der Waals surface area contributed by atoms with Crippen molar-refractivity contribution in [2.24, 2.45) is 11.8 Å². The topological polar surface area (TPSA) is 113 Å². The lowest BCUT2D eigenvalue weighted by Gasteiger charge is -2.36. The smallest absolute Gasteiger partial charge is 0.255 e. The fourth-order valence-electron chi connectivity index (χ4n) is 6.05. The van der Waals surface area contributed by atoms with Crippen LogP contribution in [0.25, 0.3) is 0 Å². The summed E-state index contributed by atoms with van der Waals surface area (Å²) in [4.78, 5) is 32.2. The van der Waals surface area contributed by atoms with Gasteiger partial charge in [0.25, 0.3) is 5.91 Å². The number of ether oxygens (including phenoxy) is 1. The number of fused-ring (bicyclic) bond motifs is 1. The highest BCUT2D eigenvalue weighted by Crippen LogP contribution is 2.47. The molecule has 2 amide bonds. The molecule has 3 atom stereocenters. The van der Waals surface area contributed by atoms with Crippen molar-refractivity contribution < 1.29 is 14.3 Å². The molecule has 0 spiro atoms. The Morgan fingerprint density at radius 1 is 1.30 bits per heavy atom. The van der Waals surface area contributed by atoms with Gasteiger partial charge in [0.05, 0.1) is 29.8 Å². The van der Waals surface area contributed by atoms with E-state index < -0.39 is 0 Å². The second-order valence-corrected chi connectivity index (χ2v) is 11.6. The van der Waals surface area contributed by atoms with Crippen molar-refractivity contribution in [3.05, 3.63) is 75.2 Å². The molecular formula is C30H31ClN6O3. The van der Waals surface area contributed by atoms with E-state index in [4.69, 9.17) is 21.4 Å². The van der Waals surface area contributed by atoms with E-state index in [1.54, 1.807) is 35.0 Å². The first-order valence-electron chi connectivity index (χ1n) is 13.6. The zero-order valence-electron chi connectivity index (χ0n) is 22.7. The van der Waals surface area contributed by atoms with Crippen LogP contribution in [0.5, 0.6) is 0 Å². The summed E-state index contributed by atoms with van der Waals surface area (Å²) in [5.41, 5.74) is 4.58. The van der Waals surface area contributed by atoms with Crippen LogP contribution in [0.3, 0.4) is 0 Å². The molecule has 2 aromatic heterocycles. The third-order valence-corrected chi connectivity index (χ3v) is 8.80. The summed E-state index contributed by atoms with van der Waals surface area (Å²) in [5.74, 6) is 1.53. The van der Waals surface area contributed by atoms with Gasteiger partial charge in [-0.25, -0.2) is 4.98 Å². The highest BCUT2D eigenvalue weighted by molar-refractivity contribution is 6.30. The second kappa shape index (κ2) is 10.3. The molecule has 2 saturated carbocycles. The van der Waals surface area contributed by atoms with Crippen LogP contribution in [0.15, 0.2) is 36.7 Å². The summed E-state index contributed by atoms with van der Waals surface area (Å²) >= 11 is 6.16. The van der Waals surface area contributed by atoms with Crippen molar-refractivity contribution in [1.29, 1.82) is 5.26 Å². The number of carbonyl (C=O) groups is 2. The predicted octanol–water partition coefficient (Wildman–Crippen LogP) is 4.53. The Morgan fingerprint density at radius 2 is 2.10 bits per heavy atom. The number of piperidine rings is 1. The lowest BCUT2D eigenvalue weighted by molar-refractivity contribution is -0.118. The number of nitriles is 1. The van der Waals surface area contributed by atoms with Gasteiger partial charge in [-0.15, -0.1) is 0 Å². The fourth-order valence-corrected chi connectivity index (χ4v) is 6.23. The average molecular weight is 559 g/mol. The number of benzene rings is 1. The molecule has 0 radical (unpaired) electrons. The van der Waals surface area contributed by atoms with Crippen molar-refractivity contribution in [3.63, 3.8) is 0 Å². The first-order valence-corrected chi connectivity index (χ1v) is 14.0. The number of methoxy groups -OCH3 is 1. The van der Waals surface area contributed by atoms with Gasteiger partial charge in [-0.3, -0.25) is 19.2 Å². The van der Waals surface area contributed by atoms with Crippen LogP contribution in [0.4, 0.5) is 5.82 Å². The minimum Gasteiger partial charge on any atom is -0.378 e. The van der Waals surface area contributed by atoms with Gasteiger partial charge in [-0.2, -0.15) is 10.4 Å². The Hall–Kier alpha value is -3.74. The van der Waals surface area contributed by atoms with E-state index in [1.165, 1.54) is 0 Å². The summed E-state index contributed by atoms with van der Waals surface area (Å²) in [6.07, 6.45) is 6.06. The molecule has 0 unspecified atom stereocenters. The molecule has 1 aliphatic heterocycles. The number of amides is 2. The SMILES string of the molecule is COCc1nn([C@H](C)c2cnc(N3C[C@H]4C[C@H]4C3=O)cc2C)cc1C(=O)NC1CC(c2cc(Cl)ccc2C#N)C1. The monoisotopic (exact) mass is 558 g/mol. The lowest BCUT2D eigenvalue weighted by Crippen LogP contribution is -2.43. The quantitative estimate of drug-likeness (QED) is 0.435. The van der Waals surface area contributed by atoms with Crippen molar-refractivity contribution in [2.75, 3.05) is 18.6 Å². The average Bonchev–Trinajstić information content (AvgIpc) is 3.45. The molecule has 3 aromatic rings. The van der Waals surface area contributed by atoms with E-state index in [0.717, 1.165) is 42.5 Å². The van der Waals surface area contributed by atoms with E-state index in [1.807, 2.05) is 32.2 Å². The highest BCUT2D eigenvalue weighted by atomic mass is 35.5. The molecule has 40 heavy (non-hydrogen) atoms. The number of anilines is 1. The van der Waals surface area contributed by atoms with E-state index in [2.05, 4.69) is 16.4 Å². The molecule has 1 aromatic carbocycles. The summed E-state index contributed by atoms with van der Waals surface area (Å²) in [5, 5.41) is 17.9. The molecule has 2 aliphatic carbocycles. The van der Waals surface area contributed by atoms with Gasteiger partial charge in [0.1, 0.15) is 11.5 Å². The Labute approximate surface area is 238 Å². The Balaban J connectivity index is 1.15. The van der Waals surface area contributed by atoms with E-state index in [-0.39, 0.29) is 42.3 Å². The second-order valence-electron chi connectivity index (χ2n) is 11.2. The van der Waals surface area contributed by atoms with Crippen LogP contribution in [0.1, 0.15) is 76.5 Å². The predicted molar refractivity (Wildman–Crippen MR) is 149 cm³/mol. The molecule has 206 valence electrons. The van der Waals surface area contributed by atoms with Crippen LogP contribution in [-0.4, -0.2) is 46.3 Å². The Morgan fingerprint density at radius 3 is 2.77 bits per heavy atom. The number of hydrogen-bond donors (Lipinski definition) is 1. The van der Waals surface area contributed by atoms with Crippen molar-refractivity contribution in [1.82, 2.24) is 20.1 Å². The minimum absolute atomic E-state index is 0.00230. The van der Waals surface area contributed by atoms with Gasteiger partial charge in [0.2, 0.25) is 5.91 Å². The van der Waals surface area contributed by atoms with Gasteiger partial charge >= 0.3 is 0 Å². The molecule has 1 N–H and O–H groups in total. The van der Waals surface area contributed by atoms with E-state index >= 15 is 0 Å². The molecule has 3 aliphatic rings. The van der Waals surface area contributed by atoms with Crippen LogP contribution >= 0.6 is 11.6 Å². The Kier molecular flexibility index (Phi) is 6.85. The van der Waals surface area contributed by atoms with Gasteiger partial charge in [0.15, 0.2) is 0 Å². The number of nitrogens with one attached hydrogen (secondary N) is 1. The van der Waals surface area contributed by atoms with Crippen LogP contribution in [0.2, 0.25) is 5.02 Å². The third-order valence-electron chi connectivity index (χ3n) is 8.56. The van der Waals surface area contributed by atoms with Gasteiger partial charge < -0.3 is 10.1 Å². The molecule has 6 rings (SSSR count). The van der Waals surface area contributed by atoms with Gasteiger partial charge in [-0.05, 0) is 85.9 Å². The number of aryl methyl sites for hydroxylation is 1. The zero-order valence-corrected chi connectivity index (χ0v) is 23.5. The van der Waals surface area contributed by atoms with Gasteiger partial charge in [-0.1, -0.05) is 11.6 Å². The van der Waals surface area contributed by atoms with Crippen molar-refractivity contribution >= 4 is 29.2 Å². The zero-order chi connectivity index (χ0) is 28.1. The summed E-state index contributed by atoms with van der Waals surface area (Å²) in [7, 11) is 1.58. The van der Waals surface area contributed by atoms with Crippen LogP contribution in [0, 0.1) is 30.1 Å². The number of halogens is 1. The molecule has 3 fully saturated rings. The minimum atomic E-state index is -0.197. The Bertz CT molecular complexity index is 1540. The van der Waals surface area contributed by atoms with Crippen molar-refractivity contribution in [3.8, 4) is 6.07 Å². The maximum atomic E-state index is 13.3. The van der Waals surface area contributed by atoms with E-state index in [0.29, 0.717) is 33.6 Å². The molecule has 0 bridgehead atoms. The fraction of sp³-hybridized carbons (Fsp3) is 0.433. The molecule has 9 nitrogen and oxygen atoms in total. The standard InChI is InChI=1S/C30H31ClN6O3/c1-16-6-28(36-13-20-9-24(20)30(36)39)33-12-25(16)17(2)37-14-26(27(35-37)15-40-3)29(38)34-22-7-19(8-22)23-10-21(31)5-4-18(23)11-32/h4-6,10,12,14,17,19-20,22,24H,7-9,13,15H2,1-3H3,(H,34,38)/t17-,19?,20-,22?,24-/m1/s1. The molecule has 10 heteroatoms. The number of aromatic nitrogens is 3. The lowest BCUT2D eigenvalue weighted by atomic mass is 9.74. The largest absolute Gasteiger partial charge is 0.378 e. The maximum Gasteiger partial charge on any atom is 0.255 e. The number of carbonyl (C=O) groups excluding carboxylic acids is 2. The van der Waals surface area contributed by atoms with Crippen LogP contribution in [-0.2, 0) is 16.1 Å². The molecule has 3 heterocycles. The van der Waals surface area contributed by atoms with Crippen LogP contribution < -0.4 is 10.2 Å². The third kappa shape index (κ3) is 4.76. The highest BCUT2D eigenvalue weighted by Gasteiger charge is 2.52. The first kappa shape index (κ1) is 26.5. The summed E-state index contributed by atoms with van der Waals surface area (Å²) < 4.78 is 7.12. The maximum absolute atomic E-state index is 13.3. The molecular weight excluding hydrogens is 528 g/mol. The number of hydrogen-bond acceptors (Lipinski definition) is 6. The summed E-state index contributed by atoms with van der Waals surface area (Å²) in [6.45, 7) is 4.98. The van der Waals surface area contributed by atoms with Crippen molar-refractivity contribution in [2.45, 2.75) is 57.7 Å². The summed E-state index contributed by atoms with van der Waals surface area (Å²) in [6, 6.07) is 9.33.